The summed E-state index contributed by atoms with van der Waals surface area (Å²) in [5.74, 6) is 1.55. The van der Waals surface area contributed by atoms with Crippen molar-refractivity contribution in [1.82, 2.24) is 0 Å². The lowest BCUT2D eigenvalue weighted by Gasteiger charge is -2.09. The molecule has 0 aliphatic heterocycles. The van der Waals surface area contributed by atoms with Crippen molar-refractivity contribution < 1.29 is 4.42 Å². The van der Waals surface area contributed by atoms with E-state index in [0.29, 0.717) is 10.7 Å². The van der Waals surface area contributed by atoms with E-state index in [1.807, 2.05) is 0 Å². The average molecular weight is 281 g/mol. The molecule has 0 saturated heterocycles. The monoisotopic (exact) mass is 280 g/mol. The third kappa shape index (κ3) is 2.49. The standard InChI is InChI=1S/C14H17BrO/c1-9-4-5-13-12(6-9)8-14(16-13)10(2)7-11(3)15/h4-6,8,10-11H,7H2,1-3H3. The lowest BCUT2D eigenvalue weighted by molar-refractivity contribution is 0.490. The van der Waals surface area contributed by atoms with Crippen LogP contribution in [0.1, 0.15) is 37.5 Å². The van der Waals surface area contributed by atoms with Crippen LogP contribution in [0.25, 0.3) is 11.0 Å². The molecule has 0 aliphatic carbocycles. The van der Waals surface area contributed by atoms with Crippen LogP contribution in [0.15, 0.2) is 28.7 Å². The van der Waals surface area contributed by atoms with Crippen molar-refractivity contribution in [3.05, 3.63) is 35.6 Å². The van der Waals surface area contributed by atoms with Gasteiger partial charge in [-0.15, -0.1) is 0 Å². The first-order chi connectivity index (χ1) is 7.56. The van der Waals surface area contributed by atoms with Gasteiger partial charge in [0.25, 0.3) is 0 Å². The zero-order valence-corrected chi connectivity index (χ0v) is 11.5. The highest BCUT2D eigenvalue weighted by Crippen LogP contribution is 2.29. The molecule has 0 radical (unpaired) electrons. The van der Waals surface area contributed by atoms with Crippen LogP contribution in [0, 0.1) is 6.92 Å². The van der Waals surface area contributed by atoms with E-state index in [9.17, 15) is 0 Å². The number of hydrogen-bond donors (Lipinski definition) is 0. The highest BCUT2D eigenvalue weighted by Gasteiger charge is 2.13. The Hall–Kier alpha value is -0.760. The highest BCUT2D eigenvalue weighted by atomic mass is 79.9. The van der Waals surface area contributed by atoms with E-state index >= 15 is 0 Å². The van der Waals surface area contributed by atoms with Gasteiger partial charge in [-0.2, -0.15) is 0 Å². The van der Waals surface area contributed by atoms with Crippen molar-refractivity contribution in [2.24, 2.45) is 0 Å². The van der Waals surface area contributed by atoms with Crippen LogP contribution in [0.4, 0.5) is 0 Å². The van der Waals surface area contributed by atoms with Gasteiger partial charge in [-0.05, 0) is 31.5 Å². The number of aryl methyl sites for hydroxylation is 1. The summed E-state index contributed by atoms with van der Waals surface area (Å²) in [6.45, 7) is 6.49. The molecule has 0 N–H and O–H groups in total. The largest absolute Gasteiger partial charge is 0.461 e. The Labute approximate surface area is 105 Å². The Balaban J connectivity index is 2.32. The molecule has 0 spiro atoms. The first-order valence-corrected chi connectivity index (χ1v) is 6.62. The second-order valence-electron chi connectivity index (χ2n) is 4.61. The number of alkyl halides is 1. The molecule has 16 heavy (non-hydrogen) atoms. The summed E-state index contributed by atoms with van der Waals surface area (Å²) in [7, 11) is 0. The van der Waals surface area contributed by atoms with Gasteiger partial charge in [0.1, 0.15) is 11.3 Å². The Morgan fingerprint density at radius 2 is 2.00 bits per heavy atom. The van der Waals surface area contributed by atoms with Gasteiger partial charge >= 0.3 is 0 Å². The summed E-state index contributed by atoms with van der Waals surface area (Å²) >= 11 is 3.59. The zero-order chi connectivity index (χ0) is 11.7. The fourth-order valence-electron chi connectivity index (χ4n) is 2.03. The summed E-state index contributed by atoms with van der Waals surface area (Å²) in [6.07, 6.45) is 1.10. The van der Waals surface area contributed by atoms with Gasteiger partial charge in [-0.3, -0.25) is 0 Å². The van der Waals surface area contributed by atoms with Gasteiger partial charge in [0.15, 0.2) is 0 Å². The summed E-state index contributed by atoms with van der Waals surface area (Å²) in [5, 5.41) is 1.21. The highest BCUT2D eigenvalue weighted by molar-refractivity contribution is 9.09. The molecule has 2 aromatic rings. The molecular formula is C14H17BrO. The SMILES string of the molecule is Cc1ccc2oc(C(C)CC(C)Br)cc2c1. The Morgan fingerprint density at radius 3 is 2.69 bits per heavy atom. The minimum Gasteiger partial charge on any atom is -0.461 e. The van der Waals surface area contributed by atoms with E-state index in [2.05, 4.69) is 61.0 Å². The van der Waals surface area contributed by atoms with Crippen LogP contribution >= 0.6 is 15.9 Å². The third-order valence-electron chi connectivity index (χ3n) is 2.85. The molecule has 86 valence electrons. The van der Waals surface area contributed by atoms with Gasteiger partial charge in [-0.25, -0.2) is 0 Å². The molecule has 2 heteroatoms. The molecule has 0 amide bonds. The van der Waals surface area contributed by atoms with E-state index in [0.717, 1.165) is 17.8 Å². The third-order valence-corrected chi connectivity index (χ3v) is 3.23. The van der Waals surface area contributed by atoms with Crippen LogP contribution in [0.3, 0.4) is 0 Å². The minimum absolute atomic E-state index is 0.460. The van der Waals surface area contributed by atoms with Crippen molar-refractivity contribution in [3.8, 4) is 0 Å². The van der Waals surface area contributed by atoms with Crippen molar-refractivity contribution in [2.75, 3.05) is 0 Å². The number of halogens is 1. The maximum Gasteiger partial charge on any atom is 0.134 e. The Morgan fingerprint density at radius 1 is 1.25 bits per heavy atom. The Kier molecular flexibility index (Phi) is 3.38. The molecule has 0 aliphatic rings. The van der Waals surface area contributed by atoms with E-state index in [4.69, 9.17) is 4.42 Å². The van der Waals surface area contributed by atoms with Crippen LogP contribution < -0.4 is 0 Å². The molecule has 0 bridgehead atoms. The van der Waals surface area contributed by atoms with Crippen molar-refractivity contribution in [1.29, 1.82) is 0 Å². The molecule has 1 aromatic heterocycles. The maximum absolute atomic E-state index is 5.86. The van der Waals surface area contributed by atoms with E-state index in [1.165, 1.54) is 10.9 Å². The van der Waals surface area contributed by atoms with E-state index in [1.54, 1.807) is 0 Å². The lowest BCUT2D eigenvalue weighted by atomic mass is 10.0. The molecular weight excluding hydrogens is 264 g/mol. The van der Waals surface area contributed by atoms with Gasteiger partial charge in [0, 0.05) is 16.1 Å². The van der Waals surface area contributed by atoms with Crippen molar-refractivity contribution in [2.45, 2.75) is 37.9 Å². The molecule has 0 saturated carbocycles. The number of fused-ring (bicyclic) bond motifs is 1. The molecule has 2 rings (SSSR count). The summed E-state index contributed by atoms with van der Waals surface area (Å²) in [4.78, 5) is 0.525. The van der Waals surface area contributed by atoms with Gasteiger partial charge in [0.2, 0.25) is 0 Å². The van der Waals surface area contributed by atoms with Crippen LogP contribution in [0.5, 0.6) is 0 Å². The molecule has 0 fully saturated rings. The summed E-state index contributed by atoms with van der Waals surface area (Å²) < 4.78 is 5.86. The Bertz CT molecular complexity index is 484. The fourth-order valence-corrected chi connectivity index (χ4v) is 2.59. The van der Waals surface area contributed by atoms with Gasteiger partial charge in [0.05, 0.1) is 0 Å². The normalized spacial score (nSPS) is 15.2. The van der Waals surface area contributed by atoms with E-state index in [-0.39, 0.29) is 0 Å². The number of furan rings is 1. The molecule has 2 unspecified atom stereocenters. The number of benzene rings is 1. The number of rotatable bonds is 3. The zero-order valence-electron chi connectivity index (χ0n) is 9.96. The van der Waals surface area contributed by atoms with Crippen LogP contribution in [-0.2, 0) is 0 Å². The summed E-state index contributed by atoms with van der Waals surface area (Å²) in [5.41, 5.74) is 2.27. The lowest BCUT2D eigenvalue weighted by Crippen LogP contribution is -1.98. The smallest absolute Gasteiger partial charge is 0.134 e. The van der Waals surface area contributed by atoms with Crippen molar-refractivity contribution >= 4 is 26.9 Å². The second kappa shape index (κ2) is 4.62. The quantitative estimate of drug-likeness (QED) is 0.720. The first-order valence-electron chi connectivity index (χ1n) is 5.70. The predicted octanol–water partition coefficient (Wildman–Crippen LogP) is 5.02. The van der Waals surface area contributed by atoms with E-state index < -0.39 is 0 Å². The molecule has 1 aromatic carbocycles. The predicted molar refractivity (Wildman–Crippen MR) is 72.4 cm³/mol. The maximum atomic E-state index is 5.86. The number of hydrogen-bond acceptors (Lipinski definition) is 1. The average Bonchev–Trinajstić information content (AvgIpc) is 2.59. The fraction of sp³-hybridized carbons (Fsp3) is 0.429. The molecule has 1 nitrogen and oxygen atoms in total. The molecule has 2 atom stereocenters. The van der Waals surface area contributed by atoms with Crippen LogP contribution in [-0.4, -0.2) is 4.83 Å². The summed E-state index contributed by atoms with van der Waals surface area (Å²) in [6, 6.07) is 8.49. The van der Waals surface area contributed by atoms with Crippen molar-refractivity contribution in [3.63, 3.8) is 0 Å². The second-order valence-corrected chi connectivity index (χ2v) is 6.17. The first kappa shape index (κ1) is 11.7. The van der Waals surface area contributed by atoms with Gasteiger partial charge < -0.3 is 4.42 Å². The molecule has 1 heterocycles. The van der Waals surface area contributed by atoms with Crippen LogP contribution in [0.2, 0.25) is 0 Å². The minimum atomic E-state index is 0.460. The topological polar surface area (TPSA) is 13.1 Å². The van der Waals surface area contributed by atoms with Gasteiger partial charge in [-0.1, -0.05) is 41.4 Å².